The van der Waals surface area contributed by atoms with Crippen molar-refractivity contribution in [3.05, 3.63) is 42.4 Å². The fraction of sp³-hybridized carbons (Fsp3) is 0.200. The highest BCUT2D eigenvalue weighted by Crippen LogP contribution is 2.20. The minimum atomic E-state index is -1.62. The molecule has 0 amide bonds. The molecule has 1 unspecified atom stereocenters. The summed E-state index contributed by atoms with van der Waals surface area (Å²) in [4.78, 5) is 15.8. The lowest BCUT2D eigenvalue weighted by molar-refractivity contribution is -0.0346. The van der Waals surface area contributed by atoms with E-state index in [1.54, 1.807) is 25.4 Å². The number of hydrazine groups is 1. The lowest BCUT2D eigenvalue weighted by Gasteiger charge is -2.27. The van der Waals surface area contributed by atoms with Crippen LogP contribution in [0.25, 0.3) is 0 Å². The first-order chi connectivity index (χ1) is 7.14. The van der Waals surface area contributed by atoms with Crippen LogP contribution in [0.3, 0.4) is 0 Å². The fourth-order valence-corrected chi connectivity index (χ4v) is 1.41. The number of Topliss-reactive ketones (excluding diaryl/α,β-unsaturated/α-hetero) is 1. The normalized spacial score (nSPS) is 25.2. The van der Waals surface area contributed by atoms with Crippen molar-refractivity contribution < 1.29 is 9.90 Å². The standard InChI is InChI=1S/C10H11N3O2/c1-13-10(15,4-6-12-13)9(14)8-3-2-5-11-7-8/h2-7,12,15H,1H3. The van der Waals surface area contributed by atoms with E-state index in [4.69, 9.17) is 0 Å². The van der Waals surface area contributed by atoms with Crippen LogP contribution in [0.1, 0.15) is 10.4 Å². The minimum absolute atomic E-state index is 0.375. The minimum Gasteiger partial charge on any atom is -0.364 e. The van der Waals surface area contributed by atoms with E-state index >= 15 is 0 Å². The van der Waals surface area contributed by atoms with Gasteiger partial charge in [0.1, 0.15) is 0 Å². The molecule has 1 atom stereocenters. The summed E-state index contributed by atoms with van der Waals surface area (Å²) in [5.41, 5.74) is 1.48. The van der Waals surface area contributed by atoms with Gasteiger partial charge in [-0.3, -0.25) is 9.78 Å². The molecule has 5 heteroatoms. The van der Waals surface area contributed by atoms with Crippen molar-refractivity contribution in [1.82, 2.24) is 15.4 Å². The topological polar surface area (TPSA) is 65.5 Å². The van der Waals surface area contributed by atoms with E-state index in [2.05, 4.69) is 10.4 Å². The monoisotopic (exact) mass is 205 g/mol. The third-order valence-corrected chi connectivity index (χ3v) is 2.35. The van der Waals surface area contributed by atoms with Crippen molar-refractivity contribution in [3.8, 4) is 0 Å². The third-order valence-electron chi connectivity index (χ3n) is 2.35. The maximum absolute atomic E-state index is 12.0. The number of hydrogen-bond donors (Lipinski definition) is 2. The Balaban J connectivity index is 2.33. The first-order valence-corrected chi connectivity index (χ1v) is 4.49. The van der Waals surface area contributed by atoms with Crippen molar-refractivity contribution in [1.29, 1.82) is 0 Å². The number of hydrogen-bond acceptors (Lipinski definition) is 5. The first kappa shape index (κ1) is 9.82. The number of rotatable bonds is 2. The van der Waals surface area contributed by atoms with Gasteiger partial charge in [-0.15, -0.1) is 0 Å². The number of aliphatic hydroxyl groups is 1. The molecule has 0 aromatic carbocycles. The van der Waals surface area contributed by atoms with Gasteiger partial charge in [-0.2, -0.15) is 5.01 Å². The number of nitrogens with one attached hydrogen (secondary N) is 1. The summed E-state index contributed by atoms with van der Waals surface area (Å²) in [5.74, 6) is -0.403. The van der Waals surface area contributed by atoms with E-state index < -0.39 is 11.5 Å². The Labute approximate surface area is 87.0 Å². The summed E-state index contributed by atoms with van der Waals surface area (Å²) < 4.78 is 0. The molecule has 0 spiro atoms. The highest BCUT2D eigenvalue weighted by Gasteiger charge is 2.41. The van der Waals surface area contributed by atoms with Gasteiger partial charge in [0, 0.05) is 31.2 Å². The highest BCUT2D eigenvalue weighted by atomic mass is 16.3. The van der Waals surface area contributed by atoms with Gasteiger partial charge in [0.25, 0.3) is 0 Å². The number of pyridine rings is 1. The van der Waals surface area contributed by atoms with Gasteiger partial charge in [0.2, 0.25) is 11.5 Å². The van der Waals surface area contributed by atoms with E-state index in [1.165, 1.54) is 23.5 Å². The van der Waals surface area contributed by atoms with Crippen molar-refractivity contribution in [2.24, 2.45) is 0 Å². The molecule has 0 radical (unpaired) electrons. The smallest absolute Gasteiger partial charge is 0.220 e. The van der Waals surface area contributed by atoms with Crippen LogP contribution >= 0.6 is 0 Å². The Morgan fingerprint density at radius 3 is 3.00 bits per heavy atom. The summed E-state index contributed by atoms with van der Waals surface area (Å²) >= 11 is 0. The van der Waals surface area contributed by atoms with Crippen molar-refractivity contribution in [3.63, 3.8) is 0 Å². The Morgan fingerprint density at radius 2 is 2.47 bits per heavy atom. The number of likely N-dealkylation sites (N-methyl/N-ethyl adjacent to an activating group) is 1. The third kappa shape index (κ3) is 1.51. The van der Waals surface area contributed by atoms with Crippen LogP contribution in [0.4, 0.5) is 0 Å². The quantitative estimate of drug-likeness (QED) is 0.661. The van der Waals surface area contributed by atoms with Crippen LogP contribution in [-0.4, -0.2) is 33.7 Å². The Morgan fingerprint density at radius 1 is 1.67 bits per heavy atom. The number of carbonyl (C=O) groups is 1. The summed E-state index contributed by atoms with van der Waals surface area (Å²) in [5, 5.41) is 11.4. The molecule has 1 aromatic rings. The maximum Gasteiger partial charge on any atom is 0.220 e. The summed E-state index contributed by atoms with van der Waals surface area (Å²) in [6.45, 7) is 0. The van der Waals surface area contributed by atoms with Crippen molar-refractivity contribution in [2.75, 3.05) is 7.05 Å². The lowest BCUT2D eigenvalue weighted by Crippen LogP contribution is -2.51. The number of carbonyl (C=O) groups excluding carboxylic acids is 1. The lowest BCUT2D eigenvalue weighted by atomic mass is 10.0. The number of nitrogens with zero attached hydrogens (tertiary/aromatic N) is 2. The van der Waals surface area contributed by atoms with Gasteiger partial charge in [-0.25, -0.2) is 0 Å². The molecule has 5 nitrogen and oxygen atoms in total. The fourth-order valence-electron chi connectivity index (χ4n) is 1.41. The van der Waals surface area contributed by atoms with Crippen LogP contribution in [0, 0.1) is 0 Å². The van der Waals surface area contributed by atoms with Gasteiger partial charge in [0.15, 0.2) is 0 Å². The van der Waals surface area contributed by atoms with Gasteiger partial charge in [-0.1, -0.05) is 0 Å². The summed E-state index contributed by atoms with van der Waals surface area (Å²) in [7, 11) is 1.59. The molecule has 0 bridgehead atoms. The first-order valence-electron chi connectivity index (χ1n) is 4.49. The summed E-state index contributed by atoms with van der Waals surface area (Å²) in [6, 6.07) is 3.27. The zero-order valence-corrected chi connectivity index (χ0v) is 8.21. The second-order valence-corrected chi connectivity index (χ2v) is 3.32. The zero-order chi connectivity index (χ0) is 10.9. The zero-order valence-electron chi connectivity index (χ0n) is 8.21. The van der Waals surface area contributed by atoms with E-state index in [0.29, 0.717) is 5.56 Å². The molecular formula is C10H11N3O2. The number of aromatic nitrogens is 1. The summed E-state index contributed by atoms with van der Waals surface area (Å²) in [6.07, 6.45) is 5.93. The van der Waals surface area contributed by atoms with Gasteiger partial charge < -0.3 is 10.5 Å². The molecule has 0 fully saturated rings. The van der Waals surface area contributed by atoms with Crippen molar-refractivity contribution >= 4 is 5.78 Å². The molecule has 1 aliphatic rings. The van der Waals surface area contributed by atoms with E-state index in [9.17, 15) is 9.90 Å². The van der Waals surface area contributed by atoms with Crippen LogP contribution < -0.4 is 5.43 Å². The van der Waals surface area contributed by atoms with E-state index in [0.717, 1.165) is 0 Å². The largest absolute Gasteiger partial charge is 0.364 e. The molecule has 2 heterocycles. The van der Waals surface area contributed by atoms with Crippen LogP contribution in [-0.2, 0) is 0 Å². The molecule has 2 rings (SSSR count). The molecule has 2 N–H and O–H groups in total. The molecular weight excluding hydrogens is 194 g/mol. The second-order valence-electron chi connectivity index (χ2n) is 3.32. The predicted molar refractivity (Wildman–Crippen MR) is 53.6 cm³/mol. The predicted octanol–water partition coefficient (Wildman–Crippen LogP) is -0.0834. The van der Waals surface area contributed by atoms with Crippen molar-refractivity contribution in [2.45, 2.75) is 5.72 Å². The highest BCUT2D eigenvalue weighted by molar-refractivity contribution is 6.03. The second kappa shape index (κ2) is 3.45. The molecule has 0 aliphatic carbocycles. The van der Waals surface area contributed by atoms with Crippen LogP contribution in [0.5, 0.6) is 0 Å². The van der Waals surface area contributed by atoms with E-state index in [1.807, 2.05) is 0 Å². The van der Waals surface area contributed by atoms with Gasteiger partial charge in [-0.05, 0) is 18.2 Å². The molecule has 15 heavy (non-hydrogen) atoms. The SMILES string of the molecule is CN1NC=CC1(O)C(=O)c1cccnc1. The van der Waals surface area contributed by atoms with Gasteiger partial charge >= 0.3 is 0 Å². The Hall–Kier alpha value is -1.72. The number of ketones is 1. The van der Waals surface area contributed by atoms with Gasteiger partial charge in [0.05, 0.1) is 0 Å². The molecule has 1 aromatic heterocycles. The van der Waals surface area contributed by atoms with Crippen LogP contribution in [0.15, 0.2) is 36.8 Å². The maximum atomic E-state index is 12.0. The average Bonchev–Trinajstić information content (AvgIpc) is 2.61. The average molecular weight is 205 g/mol. The van der Waals surface area contributed by atoms with Crippen LogP contribution in [0.2, 0.25) is 0 Å². The molecule has 0 saturated heterocycles. The molecule has 0 saturated carbocycles. The molecule has 1 aliphatic heterocycles. The molecule has 78 valence electrons. The van der Waals surface area contributed by atoms with E-state index in [-0.39, 0.29) is 0 Å². The Kier molecular flexibility index (Phi) is 2.26. The Bertz CT molecular complexity index is 404.